The highest BCUT2D eigenvalue weighted by atomic mass is 19.3. The fraction of sp³-hybridized carbons (Fsp3) is 0.500. The second-order valence-electron chi connectivity index (χ2n) is 1.30. The van der Waals surface area contributed by atoms with Gasteiger partial charge in [-0.15, -0.1) is 0 Å². The van der Waals surface area contributed by atoms with Crippen LogP contribution in [0.2, 0.25) is 0 Å². The second kappa shape index (κ2) is 3.48. The predicted octanol–water partition coefficient (Wildman–Crippen LogP) is 2.67. The third-order valence-electron chi connectivity index (χ3n) is 0.611. The molecule has 0 rings (SSSR count). The molecule has 0 aromatic carbocycles. The van der Waals surface area contributed by atoms with Crippen LogP contribution in [0, 0.1) is 0 Å². The van der Waals surface area contributed by atoms with E-state index in [1.54, 1.807) is 0 Å². The Morgan fingerprint density at radius 3 is 1.00 bits per heavy atom. The molecule has 0 aromatic heterocycles. The first-order valence-electron chi connectivity index (χ1n) is 2.08. The molecule has 0 fully saturated rings. The molecule has 0 amide bonds. The fourth-order valence-corrected chi connectivity index (χ4v) is 0.208. The predicted molar refractivity (Wildman–Crippen MR) is 21.2 cm³/mol. The van der Waals surface area contributed by atoms with Crippen molar-refractivity contribution in [1.29, 1.82) is 0 Å². The quantitative estimate of drug-likeness (QED) is 0.550. The minimum Gasteiger partial charge on any atom is -0.202 e. The van der Waals surface area contributed by atoms with Crippen LogP contribution >= 0.6 is 0 Å². The molecule has 10 heavy (non-hydrogen) atoms. The molecule has 0 saturated heterocycles. The molecule has 0 N–H and O–H groups in total. The van der Waals surface area contributed by atoms with Crippen LogP contribution in [0.3, 0.4) is 0 Å². The first kappa shape index (κ1) is 9.32. The van der Waals surface area contributed by atoms with E-state index in [1.165, 1.54) is 0 Å². The molecule has 0 saturated carbocycles. The number of rotatable bonds is 2. The summed E-state index contributed by atoms with van der Waals surface area (Å²) in [6, 6.07) is 0. The molecule has 0 heterocycles. The maximum atomic E-state index is 11.4. The van der Waals surface area contributed by atoms with Gasteiger partial charge in [0.2, 0.25) is 11.7 Å². The summed E-state index contributed by atoms with van der Waals surface area (Å²) in [5, 5.41) is 0. The van der Waals surface area contributed by atoms with Gasteiger partial charge in [-0.3, -0.25) is 0 Å². The maximum Gasteiger partial charge on any atom is 0.292 e. The highest BCUT2D eigenvalue weighted by Gasteiger charge is 2.23. The van der Waals surface area contributed by atoms with Gasteiger partial charge in [-0.1, -0.05) is 0 Å². The van der Waals surface area contributed by atoms with Gasteiger partial charge in [0.1, 0.15) is 0 Å². The lowest BCUT2D eigenvalue weighted by Gasteiger charge is -1.96. The van der Waals surface area contributed by atoms with Gasteiger partial charge in [-0.05, 0) is 0 Å². The Kier molecular flexibility index (Phi) is 3.24. The minimum absolute atomic E-state index is 2.70. The van der Waals surface area contributed by atoms with Crippen molar-refractivity contribution in [3.63, 3.8) is 0 Å². The number of alkyl halides is 4. The Morgan fingerprint density at radius 1 is 0.700 bits per heavy atom. The second-order valence-corrected chi connectivity index (χ2v) is 1.30. The summed E-state index contributed by atoms with van der Waals surface area (Å²) in [5.74, 6) is -5.40. The van der Waals surface area contributed by atoms with E-state index in [2.05, 4.69) is 0 Å². The summed E-state index contributed by atoms with van der Waals surface area (Å²) >= 11 is 0. The molecular formula is C4H2F6. The summed E-state index contributed by atoms with van der Waals surface area (Å²) in [7, 11) is 0. The number of hydrogen-bond acceptors (Lipinski definition) is 0. The Morgan fingerprint density at radius 2 is 0.900 bits per heavy atom. The van der Waals surface area contributed by atoms with E-state index in [1.807, 2.05) is 0 Å². The van der Waals surface area contributed by atoms with Gasteiger partial charge >= 0.3 is 0 Å². The molecule has 0 aliphatic heterocycles. The van der Waals surface area contributed by atoms with Gasteiger partial charge < -0.3 is 0 Å². The lowest BCUT2D eigenvalue weighted by Crippen LogP contribution is -2.00. The summed E-state index contributed by atoms with van der Waals surface area (Å²) in [6.45, 7) is 0. The van der Waals surface area contributed by atoms with Crippen molar-refractivity contribution >= 4 is 0 Å². The van der Waals surface area contributed by atoms with E-state index in [9.17, 15) is 26.3 Å². The van der Waals surface area contributed by atoms with Crippen molar-refractivity contribution in [3.8, 4) is 0 Å². The molecule has 6 heteroatoms. The van der Waals surface area contributed by atoms with Gasteiger partial charge in [0, 0.05) is 0 Å². The molecule has 0 radical (unpaired) electrons. The van der Waals surface area contributed by atoms with E-state index in [4.69, 9.17) is 0 Å². The van der Waals surface area contributed by atoms with Gasteiger partial charge in [0.15, 0.2) is 0 Å². The summed E-state index contributed by atoms with van der Waals surface area (Å²) in [6.07, 6.45) is -7.62. The lowest BCUT2D eigenvalue weighted by atomic mass is 10.4. The largest absolute Gasteiger partial charge is 0.292 e. The smallest absolute Gasteiger partial charge is 0.202 e. The van der Waals surface area contributed by atoms with Crippen LogP contribution in [0.25, 0.3) is 0 Å². The maximum absolute atomic E-state index is 11.4. The van der Waals surface area contributed by atoms with Crippen molar-refractivity contribution in [2.24, 2.45) is 0 Å². The van der Waals surface area contributed by atoms with E-state index < -0.39 is 24.5 Å². The number of hydrogen-bond donors (Lipinski definition) is 0. The van der Waals surface area contributed by atoms with Crippen LogP contribution in [0.4, 0.5) is 26.3 Å². The number of allylic oxidation sites excluding steroid dienone is 2. The topological polar surface area (TPSA) is 0 Å². The Labute approximate surface area is 52.1 Å². The SMILES string of the molecule is FC(=C(F)C(F)F)C(F)F. The van der Waals surface area contributed by atoms with Crippen LogP contribution in [0.1, 0.15) is 0 Å². The van der Waals surface area contributed by atoms with E-state index in [0.717, 1.165) is 0 Å². The fourth-order valence-electron chi connectivity index (χ4n) is 0.208. The van der Waals surface area contributed by atoms with E-state index in [0.29, 0.717) is 0 Å². The average Bonchev–Trinajstić information content (AvgIpc) is 1.84. The molecule has 0 aromatic rings. The van der Waals surface area contributed by atoms with Crippen LogP contribution in [0.5, 0.6) is 0 Å². The van der Waals surface area contributed by atoms with Gasteiger partial charge in [-0.2, -0.15) is 0 Å². The first-order chi connectivity index (χ1) is 4.46. The minimum atomic E-state index is -3.81. The van der Waals surface area contributed by atoms with Crippen molar-refractivity contribution in [3.05, 3.63) is 11.7 Å². The van der Waals surface area contributed by atoms with Crippen molar-refractivity contribution in [2.45, 2.75) is 12.9 Å². The number of halogens is 6. The third-order valence-corrected chi connectivity index (χ3v) is 0.611. The third kappa shape index (κ3) is 2.28. The zero-order valence-electron chi connectivity index (χ0n) is 4.42. The molecule has 0 aliphatic rings. The Bertz CT molecular complexity index is 121. The molecule has 0 atom stereocenters. The van der Waals surface area contributed by atoms with Gasteiger partial charge in [0.05, 0.1) is 0 Å². The molecule has 0 bridgehead atoms. The van der Waals surface area contributed by atoms with Crippen molar-refractivity contribution < 1.29 is 26.3 Å². The standard InChI is InChI=1S/C4H2F6/c5-1(3(7)8)2(6)4(9)10/h3-4H. The summed E-state index contributed by atoms with van der Waals surface area (Å²) in [4.78, 5) is 0. The van der Waals surface area contributed by atoms with Crippen LogP contribution < -0.4 is 0 Å². The highest BCUT2D eigenvalue weighted by molar-refractivity contribution is 5.04. The molecular weight excluding hydrogens is 162 g/mol. The average molecular weight is 164 g/mol. The molecule has 0 nitrogen and oxygen atoms in total. The normalized spacial score (nSPS) is 14.4. The zero-order chi connectivity index (χ0) is 8.31. The molecule has 0 spiro atoms. The van der Waals surface area contributed by atoms with Gasteiger partial charge in [0.25, 0.3) is 12.9 Å². The first-order valence-corrected chi connectivity index (χ1v) is 2.08. The Balaban J connectivity index is 4.34. The van der Waals surface area contributed by atoms with Crippen molar-refractivity contribution in [1.82, 2.24) is 0 Å². The van der Waals surface area contributed by atoms with Crippen LogP contribution in [0.15, 0.2) is 11.7 Å². The lowest BCUT2D eigenvalue weighted by molar-refractivity contribution is 0.118. The van der Waals surface area contributed by atoms with Crippen LogP contribution in [-0.2, 0) is 0 Å². The van der Waals surface area contributed by atoms with Gasteiger partial charge in [-0.25, -0.2) is 26.3 Å². The van der Waals surface area contributed by atoms with Crippen LogP contribution in [-0.4, -0.2) is 12.9 Å². The summed E-state index contributed by atoms with van der Waals surface area (Å²) in [5.41, 5.74) is 0. The van der Waals surface area contributed by atoms with E-state index >= 15 is 0 Å². The summed E-state index contributed by atoms with van der Waals surface area (Å²) < 4.78 is 67.0. The Hall–Kier alpha value is -0.680. The van der Waals surface area contributed by atoms with E-state index in [-0.39, 0.29) is 0 Å². The molecule has 0 unspecified atom stereocenters. The van der Waals surface area contributed by atoms with Crippen molar-refractivity contribution in [2.75, 3.05) is 0 Å². The monoisotopic (exact) mass is 164 g/mol. The highest BCUT2D eigenvalue weighted by Crippen LogP contribution is 2.21. The zero-order valence-corrected chi connectivity index (χ0v) is 4.42. The molecule has 0 aliphatic carbocycles. The molecule has 60 valence electrons.